The number of nitrogens with one attached hydrogen (secondary N) is 1. The van der Waals surface area contributed by atoms with Crippen LogP contribution in [0.15, 0.2) is 4.52 Å². The van der Waals surface area contributed by atoms with Gasteiger partial charge in [0.05, 0.1) is 0 Å². The normalized spacial score (nSPS) is 26.8. The van der Waals surface area contributed by atoms with E-state index in [-0.39, 0.29) is 5.89 Å². The van der Waals surface area contributed by atoms with E-state index in [0.29, 0.717) is 25.4 Å². The molecule has 1 atom stereocenters. The fraction of sp³-hybridized carbons (Fsp3) is 0.778. The van der Waals surface area contributed by atoms with Crippen LogP contribution >= 0.6 is 0 Å². The highest BCUT2D eigenvalue weighted by Crippen LogP contribution is 2.26. The summed E-state index contributed by atoms with van der Waals surface area (Å²) in [6.07, 6.45) is 1.55. The summed E-state index contributed by atoms with van der Waals surface area (Å²) in [5.74, 6) is 0.744. The largest absolute Gasteiger partial charge is 0.379 e. The molecule has 0 amide bonds. The van der Waals surface area contributed by atoms with E-state index in [2.05, 4.69) is 15.5 Å². The second-order valence-electron chi connectivity index (χ2n) is 3.76. The average Bonchev–Trinajstić information content (AvgIpc) is 2.69. The summed E-state index contributed by atoms with van der Waals surface area (Å²) in [6.45, 7) is 1.68. The zero-order chi connectivity index (χ0) is 10.7. The van der Waals surface area contributed by atoms with Crippen molar-refractivity contribution in [3.05, 3.63) is 11.7 Å². The Morgan fingerprint density at radius 2 is 2.53 bits per heavy atom. The summed E-state index contributed by atoms with van der Waals surface area (Å²) >= 11 is 0. The lowest BCUT2D eigenvalue weighted by atomic mass is 9.94. The first-order chi connectivity index (χ1) is 7.24. The molecule has 84 valence electrons. The molecule has 0 spiro atoms. The molecule has 0 saturated carbocycles. The Labute approximate surface area is 87.6 Å². The fourth-order valence-electron chi connectivity index (χ4n) is 1.70. The SMILES string of the molecule is COCc1noc(C2(O)CCCNC2)n1. The van der Waals surface area contributed by atoms with Gasteiger partial charge in [-0.3, -0.25) is 0 Å². The molecule has 1 aromatic rings. The van der Waals surface area contributed by atoms with Crippen LogP contribution in [0.1, 0.15) is 24.6 Å². The van der Waals surface area contributed by atoms with Crippen molar-refractivity contribution < 1.29 is 14.4 Å². The van der Waals surface area contributed by atoms with Gasteiger partial charge in [0.1, 0.15) is 6.61 Å². The van der Waals surface area contributed by atoms with Gasteiger partial charge in [-0.15, -0.1) is 0 Å². The van der Waals surface area contributed by atoms with E-state index in [1.165, 1.54) is 0 Å². The van der Waals surface area contributed by atoms with Crippen LogP contribution in [0.2, 0.25) is 0 Å². The number of hydrogen-bond donors (Lipinski definition) is 2. The van der Waals surface area contributed by atoms with E-state index < -0.39 is 5.60 Å². The molecule has 6 heteroatoms. The van der Waals surface area contributed by atoms with E-state index in [1.807, 2.05) is 0 Å². The van der Waals surface area contributed by atoms with Crippen LogP contribution in [-0.2, 0) is 16.9 Å². The third kappa shape index (κ3) is 2.17. The van der Waals surface area contributed by atoms with Crippen molar-refractivity contribution in [1.29, 1.82) is 0 Å². The standard InChI is InChI=1S/C9H15N3O3/c1-14-5-7-11-8(15-12-7)9(13)3-2-4-10-6-9/h10,13H,2-6H2,1H3. The maximum Gasteiger partial charge on any atom is 0.260 e. The van der Waals surface area contributed by atoms with Gasteiger partial charge in [0, 0.05) is 13.7 Å². The maximum absolute atomic E-state index is 10.2. The van der Waals surface area contributed by atoms with Crippen molar-refractivity contribution in [3.63, 3.8) is 0 Å². The number of β-amino-alcohol motifs (C(OH)–C–C–N with tert-alkyl or cyclic N) is 1. The van der Waals surface area contributed by atoms with E-state index >= 15 is 0 Å². The predicted octanol–water partition coefficient (Wildman–Crippen LogP) is -0.213. The van der Waals surface area contributed by atoms with Gasteiger partial charge >= 0.3 is 0 Å². The molecule has 0 aromatic carbocycles. The van der Waals surface area contributed by atoms with Crippen LogP contribution in [0.3, 0.4) is 0 Å². The minimum atomic E-state index is -1.02. The van der Waals surface area contributed by atoms with Gasteiger partial charge in [0.25, 0.3) is 5.89 Å². The third-order valence-electron chi connectivity index (χ3n) is 2.50. The lowest BCUT2D eigenvalue weighted by molar-refractivity contribution is -0.0167. The highest BCUT2D eigenvalue weighted by molar-refractivity contribution is 5.01. The Balaban J connectivity index is 2.12. The lowest BCUT2D eigenvalue weighted by Gasteiger charge is -2.28. The van der Waals surface area contributed by atoms with Gasteiger partial charge in [-0.1, -0.05) is 5.16 Å². The van der Waals surface area contributed by atoms with Gasteiger partial charge in [-0.05, 0) is 19.4 Å². The maximum atomic E-state index is 10.2. The predicted molar refractivity (Wildman–Crippen MR) is 51.0 cm³/mol. The molecule has 1 unspecified atom stereocenters. The van der Waals surface area contributed by atoms with E-state index in [9.17, 15) is 5.11 Å². The van der Waals surface area contributed by atoms with Gasteiger partial charge in [0.2, 0.25) is 0 Å². The van der Waals surface area contributed by atoms with Crippen molar-refractivity contribution in [2.45, 2.75) is 25.0 Å². The summed E-state index contributed by atoms with van der Waals surface area (Å²) in [4.78, 5) is 4.10. The molecular weight excluding hydrogens is 198 g/mol. The third-order valence-corrected chi connectivity index (χ3v) is 2.50. The lowest BCUT2D eigenvalue weighted by Crippen LogP contribution is -2.43. The van der Waals surface area contributed by atoms with Crippen LogP contribution in [0.4, 0.5) is 0 Å². The number of nitrogens with zero attached hydrogens (tertiary/aromatic N) is 2. The van der Waals surface area contributed by atoms with E-state index in [1.54, 1.807) is 7.11 Å². The summed E-state index contributed by atoms with van der Waals surface area (Å²) in [5.41, 5.74) is -1.02. The van der Waals surface area contributed by atoms with Crippen LogP contribution < -0.4 is 5.32 Å². The second kappa shape index (κ2) is 4.26. The van der Waals surface area contributed by atoms with Crippen molar-refractivity contribution in [2.75, 3.05) is 20.2 Å². The first kappa shape index (κ1) is 10.5. The molecule has 0 bridgehead atoms. The minimum Gasteiger partial charge on any atom is -0.379 e. The van der Waals surface area contributed by atoms with Gasteiger partial charge in [0.15, 0.2) is 11.4 Å². The summed E-state index contributed by atoms with van der Waals surface area (Å²) in [5, 5.41) is 17.1. The Bertz CT molecular complexity index is 320. The number of rotatable bonds is 3. The molecular formula is C9H15N3O3. The first-order valence-corrected chi connectivity index (χ1v) is 5.00. The highest BCUT2D eigenvalue weighted by Gasteiger charge is 2.36. The monoisotopic (exact) mass is 213 g/mol. The molecule has 2 rings (SSSR count). The Morgan fingerprint density at radius 1 is 1.67 bits per heavy atom. The quantitative estimate of drug-likeness (QED) is 0.723. The number of aromatic nitrogens is 2. The zero-order valence-corrected chi connectivity index (χ0v) is 8.69. The van der Waals surface area contributed by atoms with Crippen LogP contribution in [-0.4, -0.2) is 35.4 Å². The number of aliphatic hydroxyl groups is 1. The summed E-state index contributed by atoms with van der Waals surface area (Å²) < 4.78 is 9.91. The number of methoxy groups -OCH3 is 1. The smallest absolute Gasteiger partial charge is 0.260 e. The molecule has 1 aliphatic heterocycles. The Morgan fingerprint density at radius 3 is 3.20 bits per heavy atom. The zero-order valence-electron chi connectivity index (χ0n) is 8.69. The van der Waals surface area contributed by atoms with Crippen LogP contribution in [0.25, 0.3) is 0 Å². The van der Waals surface area contributed by atoms with E-state index in [4.69, 9.17) is 9.26 Å². The average molecular weight is 213 g/mol. The highest BCUT2D eigenvalue weighted by atomic mass is 16.5. The Hall–Kier alpha value is -0.980. The van der Waals surface area contributed by atoms with Crippen LogP contribution in [0.5, 0.6) is 0 Å². The summed E-state index contributed by atoms with van der Waals surface area (Å²) in [7, 11) is 1.56. The Kier molecular flexibility index (Phi) is 2.99. The fourth-order valence-corrected chi connectivity index (χ4v) is 1.70. The molecule has 2 heterocycles. The van der Waals surface area contributed by atoms with E-state index in [0.717, 1.165) is 13.0 Å². The second-order valence-corrected chi connectivity index (χ2v) is 3.76. The molecule has 1 fully saturated rings. The molecule has 1 saturated heterocycles. The molecule has 1 aliphatic rings. The molecule has 15 heavy (non-hydrogen) atoms. The van der Waals surface area contributed by atoms with Gasteiger partial charge in [-0.2, -0.15) is 4.98 Å². The minimum absolute atomic E-state index is 0.279. The topological polar surface area (TPSA) is 80.4 Å². The number of ether oxygens (including phenoxy) is 1. The molecule has 2 N–H and O–H groups in total. The van der Waals surface area contributed by atoms with Crippen molar-refractivity contribution in [2.24, 2.45) is 0 Å². The molecule has 1 aromatic heterocycles. The van der Waals surface area contributed by atoms with Crippen LogP contribution in [0, 0.1) is 0 Å². The molecule has 0 aliphatic carbocycles. The van der Waals surface area contributed by atoms with Gasteiger partial charge in [-0.25, -0.2) is 0 Å². The first-order valence-electron chi connectivity index (χ1n) is 5.00. The molecule has 0 radical (unpaired) electrons. The summed E-state index contributed by atoms with van der Waals surface area (Å²) in [6, 6.07) is 0. The van der Waals surface area contributed by atoms with Crippen molar-refractivity contribution in [1.82, 2.24) is 15.5 Å². The van der Waals surface area contributed by atoms with Gasteiger partial charge < -0.3 is 19.7 Å². The number of hydrogen-bond acceptors (Lipinski definition) is 6. The van der Waals surface area contributed by atoms with Crippen molar-refractivity contribution in [3.8, 4) is 0 Å². The number of piperidine rings is 1. The van der Waals surface area contributed by atoms with Crippen molar-refractivity contribution >= 4 is 0 Å². The molecule has 6 nitrogen and oxygen atoms in total.